The van der Waals surface area contributed by atoms with E-state index in [1.54, 1.807) is 0 Å². The molecule has 0 amide bonds. The van der Waals surface area contributed by atoms with E-state index in [1.165, 1.54) is 6.33 Å². The van der Waals surface area contributed by atoms with E-state index >= 15 is 0 Å². The van der Waals surface area contributed by atoms with Crippen LogP contribution in [0.15, 0.2) is 11.1 Å². The van der Waals surface area contributed by atoms with Gasteiger partial charge in [-0.05, 0) is 55.2 Å². The highest BCUT2D eigenvalue weighted by atomic mass is 127. The van der Waals surface area contributed by atoms with E-state index in [1.807, 2.05) is 0 Å². The predicted octanol–water partition coefficient (Wildman–Crippen LogP) is 1.47. The lowest BCUT2D eigenvalue weighted by Gasteiger charge is -2.36. The second-order valence-electron chi connectivity index (χ2n) is 4.72. The molecule has 0 spiro atoms. The van der Waals surface area contributed by atoms with Crippen LogP contribution in [0.3, 0.4) is 0 Å². The van der Waals surface area contributed by atoms with Gasteiger partial charge in [-0.3, -0.25) is 4.79 Å². The Morgan fingerprint density at radius 3 is 2.78 bits per heavy atom. The summed E-state index contributed by atoms with van der Waals surface area (Å²) in [7, 11) is 0. The maximum atomic E-state index is 11.6. The molecule has 0 aliphatic heterocycles. The average molecular weight is 362 g/mol. The van der Waals surface area contributed by atoms with E-state index < -0.39 is 0 Å². The zero-order chi connectivity index (χ0) is 13.1. The molecule has 18 heavy (non-hydrogen) atoms. The number of nitrogens with zero attached hydrogens (tertiary/aromatic N) is 2. The summed E-state index contributed by atoms with van der Waals surface area (Å²) in [6.45, 7) is 2.97. The van der Waals surface area contributed by atoms with Gasteiger partial charge in [-0.15, -0.1) is 0 Å². The molecule has 3 N–H and O–H groups in total. The number of H-pyrrole nitrogens is 1. The first-order chi connectivity index (χ1) is 8.63. The monoisotopic (exact) mass is 362 g/mol. The molecule has 1 aliphatic carbocycles. The van der Waals surface area contributed by atoms with E-state index in [0.717, 1.165) is 38.0 Å². The van der Waals surface area contributed by atoms with E-state index in [0.29, 0.717) is 15.7 Å². The number of halogens is 1. The molecule has 0 radical (unpaired) electrons. The zero-order valence-corrected chi connectivity index (χ0v) is 12.7. The second-order valence-corrected chi connectivity index (χ2v) is 5.80. The molecule has 0 aromatic carbocycles. The Hall–Kier alpha value is -0.630. The molecular weight excluding hydrogens is 343 g/mol. The van der Waals surface area contributed by atoms with E-state index in [-0.39, 0.29) is 5.56 Å². The molecule has 2 rings (SSSR count). The number of aromatic amines is 1. The number of nitrogens with two attached hydrogens (primary N) is 1. The fourth-order valence-corrected chi connectivity index (χ4v) is 3.17. The van der Waals surface area contributed by atoms with Gasteiger partial charge in [-0.2, -0.15) is 0 Å². The van der Waals surface area contributed by atoms with E-state index in [9.17, 15) is 4.79 Å². The minimum atomic E-state index is -0.0634. The third-order valence-corrected chi connectivity index (χ3v) is 4.55. The van der Waals surface area contributed by atoms with Gasteiger partial charge in [-0.25, -0.2) is 4.98 Å². The van der Waals surface area contributed by atoms with Crippen molar-refractivity contribution in [2.75, 3.05) is 11.4 Å². The summed E-state index contributed by atoms with van der Waals surface area (Å²) < 4.78 is 0.673. The van der Waals surface area contributed by atoms with Crippen molar-refractivity contribution in [2.24, 2.45) is 5.73 Å². The van der Waals surface area contributed by atoms with Crippen molar-refractivity contribution in [2.45, 2.75) is 44.7 Å². The Balaban J connectivity index is 2.23. The molecule has 5 nitrogen and oxygen atoms in total. The second kappa shape index (κ2) is 6.01. The van der Waals surface area contributed by atoms with Crippen LogP contribution in [0.25, 0.3) is 0 Å². The van der Waals surface area contributed by atoms with Crippen LogP contribution in [0.5, 0.6) is 0 Å². The van der Waals surface area contributed by atoms with Gasteiger partial charge >= 0.3 is 0 Å². The Kier molecular flexibility index (Phi) is 4.60. The highest BCUT2D eigenvalue weighted by Gasteiger charge is 2.25. The van der Waals surface area contributed by atoms with Crippen LogP contribution in [0.2, 0.25) is 0 Å². The van der Waals surface area contributed by atoms with Gasteiger partial charge < -0.3 is 15.6 Å². The van der Waals surface area contributed by atoms with Gasteiger partial charge in [0.05, 0.1) is 6.33 Å². The third-order valence-electron chi connectivity index (χ3n) is 3.57. The molecule has 1 fully saturated rings. The molecule has 1 aromatic rings. The summed E-state index contributed by atoms with van der Waals surface area (Å²) in [4.78, 5) is 20.8. The quantitative estimate of drug-likeness (QED) is 0.799. The molecule has 0 atom stereocenters. The molecule has 0 saturated heterocycles. The molecule has 6 heteroatoms. The topological polar surface area (TPSA) is 75.0 Å². The lowest BCUT2D eigenvalue weighted by atomic mass is 9.91. The minimum absolute atomic E-state index is 0.0634. The van der Waals surface area contributed by atoms with Gasteiger partial charge in [-0.1, -0.05) is 0 Å². The van der Waals surface area contributed by atoms with Crippen molar-refractivity contribution in [1.82, 2.24) is 9.97 Å². The summed E-state index contributed by atoms with van der Waals surface area (Å²) in [5.74, 6) is 0.808. The lowest BCUT2D eigenvalue weighted by molar-refractivity contribution is 0.376. The normalized spacial score (nSPS) is 23.9. The predicted molar refractivity (Wildman–Crippen MR) is 80.8 cm³/mol. The van der Waals surface area contributed by atoms with Crippen molar-refractivity contribution >= 4 is 28.4 Å². The smallest absolute Gasteiger partial charge is 0.266 e. The summed E-state index contributed by atoms with van der Waals surface area (Å²) in [5.41, 5.74) is 5.88. The first kappa shape index (κ1) is 13.8. The SMILES string of the molecule is CCN(c1nc[nH]c(=O)c1I)C1CCC(N)CC1. The van der Waals surface area contributed by atoms with Gasteiger partial charge in [0.2, 0.25) is 0 Å². The fraction of sp³-hybridized carbons (Fsp3) is 0.667. The Morgan fingerprint density at radius 2 is 2.17 bits per heavy atom. The van der Waals surface area contributed by atoms with E-state index in [4.69, 9.17) is 5.73 Å². The van der Waals surface area contributed by atoms with Crippen molar-refractivity contribution in [3.8, 4) is 0 Å². The van der Waals surface area contributed by atoms with Crippen LogP contribution >= 0.6 is 22.6 Å². The van der Waals surface area contributed by atoms with Crippen LogP contribution in [0.4, 0.5) is 5.82 Å². The Bertz CT molecular complexity index is 454. The summed E-state index contributed by atoms with van der Waals surface area (Å²) >= 11 is 2.07. The number of aromatic nitrogens is 2. The highest BCUT2D eigenvalue weighted by molar-refractivity contribution is 14.1. The number of hydrogen-bond acceptors (Lipinski definition) is 4. The van der Waals surface area contributed by atoms with E-state index in [2.05, 4.69) is 44.4 Å². The largest absolute Gasteiger partial charge is 0.353 e. The molecule has 1 aromatic heterocycles. The average Bonchev–Trinajstić information content (AvgIpc) is 2.37. The van der Waals surface area contributed by atoms with Crippen LogP contribution in [0, 0.1) is 3.57 Å². The zero-order valence-electron chi connectivity index (χ0n) is 10.5. The number of anilines is 1. The minimum Gasteiger partial charge on any atom is -0.353 e. The molecule has 1 aliphatic rings. The maximum absolute atomic E-state index is 11.6. The van der Waals surface area contributed by atoms with Crippen LogP contribution in [-0.4, -0.2) is 28.6 Å². The molecule has 100 valence electrons. The first-order valence-corrected chi connectivity index (χ1v) is 7.46. The Labute approximate surface area is 120 Å². The summed E-state index contributed by atoms with van der Waals surface area (Å²) in [6, 6.07) is 0.795. The van der Waals surface area contributed by atoms with Crippen LogP contribution < -0.4 is 16.2 Å². The van der Waals surface area contributed by atoms with Crippen LogP contribution in [0.1, 0.15) is 32.6 Å². The highest BCUT2D eigenvalue weighted by Crippen LogP contribution is 2.27. The maximum Gasteiger partial charge on any atom is 0.266 e. The number of nitrogens with one attached hydrogen (secondary N) is 1. The standard InChI is InChI=1S/C12H19IN4O/c1-2-17(9-5-3-8(14)4-6-9)11-10(13)12(18)16-7-15-11/h7-9H,2-6,14H2,1H3,(H,15,16,18). The van der Waals surface area contributed by atoms with Crippen LogP contribution in [-0.2, 0) is 0 Å². The number of hydrogen-bond donors (Lipinski definition) is 2. The van der Waals surface area contributed by atoms with Crippen molar-refractivity contribution in [3.05, 3.63) is 20.3 Å². The summed E-state index contributed by atoms with van der Waals surface area (Å²) in [6.07, 6.45) is 5.76. The van der Waals surface area contributed by atoms with Gasteiger partial charge in [0.15, 0.2) is 0 Å². The van der Waals surface area contributed by atoms with Crippen molar-refractivity contribution in [3.63, 3.8) is 0 Å². The van der Waals surface area contributed by atoms with Crippen molar-refractivity contribution in [1.29, 1.82) is 0 Å². The molecule has 1 saturated carbocycles. The third kappa shape index (κ3) is 2.85. The lowest BCUT2D eigenvalue weighted by Crippen LogP contribution is -2.42. The van der Waals surface area contributed by atoms with Gasteiger partial charge in [0, 0.05) is 18.6 Å². The fourth-order valence-electron chi connectivity index (χ4n) is 2.57. The molecule has 0 unspecified atom stereocenters. The van der Waals surface area contributed by atoms with Crippen molar-refractivity contribution < 1.29 is 0 Å². The summed E-state index contributed by atoms with van der Waals surface area (Å²) in [5, 5.41) is 0. The van der Waals surface area contributed by atoms with Gasteiger partial charge in [0.1, 0.15) is 9.39 Å². The molecule has 0 bridgehead atoms. The molecular formula is C12H19IN4O. The first-order valence-electron chi connectivity index (χ1n) is 6.39. The number of rotatable bonds is 3. The Morgan fingerprint density at radius 1 is 1.50 bits per heavy atom. The molecule has 1 heterocycles. The van der Waals surface area contributed by atoms with Gasteiger partial charge in [0.25, 0.3) is 5.56 Å².